The summed E-state index contributed by atoms with van der Waals surface area (Å²) in [5, 5.41) is 20.9. The van der Waals surface area contributed by atoms with E-state index in [2.05, 4.69) is 4.90 Å². The SMILES string of the molecule is C.O.O=C(O)Cc1ccc(C(=O)CCCN2CCC(C(O)(c3ccccc3)c3ccccc3)CC2)cc1. The Morgan fingerprint density at radius 1 is 0.838 bits per heavy atom. The van der Waals surface area contributed by atoms with Crippen molar-refractivity contribution in [3.63, 3.8) is 0 Å². The van der Waals surface area contributed by atoms with Crippen molar-refractivity contribution < 1.29 is 25.3 Å². The Bertz CT molecular complexity index is 1070. The monoisotopic (exact) mass is 505 g/mol. The molecule has 0 aliphatic carbocycles. The van der Waals surface area contributed by atoms with Crippen molar-refractivity contribution in [3.8, 4) is 0 Å². The van der Waals surface area contributed by atoms with Crippen molar-refractivity contribution in [2.45, 2.75) is 45.1 Å². The number of nitrogens with zero attached hydrogens (tertiary/aromatic N) is 1. The number of hydrogen-bond acceptors (Lipinski definition) is 4. The summed E-state index contributed by atoms with van der Waals surface area (Å²) in [5.41, 5.74) is 2.18. The first kappa shape index (κ1) is 29.9. The molecule has 3 aromatic carbocycles. The lowest BCUT2D eigenvalue weighted by Crippen LogP contribution is -2.44. The molecule has 0 bridgehead atoms. The van der Waals surface area contributed by atoms with E-state index < -0.39 is 11.6 Å². The summed E-state index contributed by atoms with van der Waals surface area (Å²) in [6.07, 6.45) is 2.99. The van der Waals surface area contributed by atoms with Crippen molar-refractivity contribution in [1.82, 2.24) is 4.90 Å². The predicted octanol–water partition coefficient (Wildman–Crippen LogP) is 4.74. The Balaban J connectivity index is 0.00000241. The highest BCUT2D eigenvalue weighted by Crippen LogP contribution is 2.41. The molecule has 1 heterocycles. The lowest BCUT2D eigenvalue weighted by molar-refractivity contribution is -0.136. The summed E-state index contributed by atoms with van der Waals surface area (Å²) in [6, 6.07) is 26.8. The van der Waals surface area contributed by atoms with E-state index in [1.54, 1.807) is 24.3 Å². The van der Waals surface area contributed by atoms with Crippen molar-refractivity contribution in [2.75, 3.05) is 19.6 Å². The third-order valence-electron chi connectivity index (χ3n) is 7.12. The molecule has 0 amide bonds. The van der Waals surface area contributed by atoms with Crippen LogP contribution in [0.15, 0.2) is 84.9 Å². The van der Waals surface area contributed by atoms with Gasteiger partial charge in [-0.05, 0) is 61.5 Å². The van der Waals surface area contributed by atoms with Crippen molar-refractivity contribution in [1.29, 1.82) is 0 Å². The molecule has 0 spiro atoms. The molecule has 4 N–H and O–H groups in total. The second-order valence-electron chi connectivity index (χ2n) is 9.41. The molecule has 0 saturated carbocycles. The first-order valence-electron chi connectivity index (χ1n) is 12.4. The topological polar surface area (TPSA) is 109 Å². The van der Waals surface area contributed by atoms with Crippen LogP contribution in [0.2, 0.25) is 0 Å². The number of carbonyl (C=O) groups excluding carboxylic acids is 1. The van der Waals surface area contributed by atoms with Gasteiger partial charge in [-0.15, -0.1) is 0 Å². The van der Waals surface area contributed by atoms with Gasteiger partial charge in [0.25, 0.3) is 0 Å². The first-order valence-corrected chi connectivity index (χ1v) is 12.4. The molecule has 1 aliphatic heterocycles. The highest BCUT2D eigenvalue weighted by atomic mass is 16.4. The molecule has 1 fully saturated rings. The van der Waals surface area contributed by atoms with E-state index in [1.165, 1.54) is 0 Å². The molecule has 3 aromatic rings. The van der Waals surface area contributed by atoms with Crippen LogP contribution in [0.3, 0.4) is 0 Å². The Kier molecular flexibility index (Phi) is 11.2. The van der Waals surface area contributed by atoms with E-state index >= 15 is 0 Å². The summed E-state index contributed by atoms with van der Waals surface area (Å²) in [4.78, 5) is 25.7. The second-order valence-corrected chi connectivity index (χ2v) is 9.41. The minimum absolute atomic E-state index is 0. The average Bonchev–Trinajstić information content (AvgIpc) is 2.89. The van der Waals surface area contributed by atoms with Crippen LogP contribution >= 0.6 is 0 Å². The maximum absolute atomic E-state index is 12.5. The van der Waals surface area contributed by atoms with E-state index in [9.17, 15) is 14.7 Å². The zero-order valence-electron chi connectivity index (χ0n) is 20.5. The van der Waals surface area contributed by atoms with Crippen molar-refractivity contribution in [2.24, 2.45) is 5.92 Å². The van der Waals surface area contributed by atoms with E-state index in [0.717, 1.165) is 50.0 Å². The summed E-state index contributed by atoms with van der Waals surface area (Å²) in [7, 11) is 0. The number of carboxylic acids is 1. The van der Waals surface area contributed by atoms with Crippen LogP contribution in [-0.2, 0) is 16.8 Å². The lowest BCUT2D eigenvalue weighted by atomic mass is 9.72. The van der Waals surface area contributed by atoms with Gasteiger partial charge in [0.15, 0.2) is 5.78 Å². The number of carboxylic acid groups (broad SMARTS) is 1. The molecule has 0 unspecified atom stereocenters. The van der Waals surface area contributed by atoms with Crippen LogP contribution in [0.5, 0.6) is 0 Å². The summed E-state index contributed by atoms with van der Waals surface area (Å²) >= 11 is 0. The minimum Gasteiger partial charge on any atom is -0.481 e. The summed E-state index contributed by atoms with van der Waals surface area (Å²) in [5.74, 6) is -0.669. The third kappa shape index (κ3) is 7.35. The van der Waals surface area contributed by atoms with Crippen LogP contribution in [0.4, 0.5) is 0 Å². The number of aliphatic hydroxyl groups is 1. The number of rotatable bonds is 10. The van der Waals surface area contributed by atoms with Gasteiger partial charge in [0.1, 0.15) is 5.60 Å². The maximum atomic E-state index is 12.5. The molecular weight excluding hydrogens is 466 g/mol. The number of hydrogen-bond donors (Lipinski definition) is 2. The molecule has 198 valence electrons. The fourth-order valence-corrected chi connectivity index (χ4v) is 5.19. The van der Waals surface area contributed by atoms with Gasteiger partial charge in [-0.2, -0.15) is 0 Å². The molecule has 6 heteroatoms. The molecular formula is C31H39NO5. The predicted molar refractivity (Wildman–Crippen MR) is 147 cm³/mol. The van der Waals surface area contributed by atoms with Gasteiger partial charge in [-0.25, -0.2) is 0 Å². The zero-order chi connectivity index (χ0) is 24.7. The van der Waals surface area contributed by atoms with Gasteiger partial charge >= 0.3 is 5.97 Å². The first-order chi connectivity index (χ1) is 17.0. The Hall–Kier alpha value is -3.32. The number of aliphatic carboxylic acids is 1. The quantitative estimate of drug-likeness (QED) is 0.387. The highest BCUT2D eigenvalue weighted by molar-refractivity contribution is 5.96. The molecule has 37 heavy (non-hydrogen) atoms. The number of piperidine rings is 1. The van der Waals surface area contributed by atoms with E-state index in [-0.39, 0.29) is 31.0 Å². The van der Waals surface area contributed by atoms with Crippen LogP contribution in [-0.4, -0.2) is 52.0 Å². The number of ketones is 1. The summed E-state index contributed by atoms with van der Waals surface area (Å²) in [6.45, 7) is 2.64. The van der Waals surface area contributed by atoms with E-state index in [1.807, 2.05) is 60.7 Å². The van der Waals surface area contributed by atoms with Crippen LogP contribution in [0.1, 0.15) is 60.2 Å². The normalized spacial score (nSPS) is 14.3. The molecule has 0 radical (unpaired) electrons. The van der Waals surface area contributed by atoms with Gasteiger partial charge in [0, 0.05) is 12.0 Å². The van der Waals surface area contributed by atoms with Crippen LogP contribution < -0.4 is 0 Å². The summed E-state index contributed by atoms with van der Waals surface area (Å²) < 4.78 is 0. The van der Waals surface area contributed by atoms with Gasteiger partial charge in [-0.3, -0.25) is 9.59 Å². The fourth-order valence-electron chi connectivity index (χ4n) is 5.19. The van der Waals surface area contributed by atoms with Crippen molar-refractivity contribution in [3.05, 3.63) is 107 Å². The standard InChI is InChI=1S/C30H33NO4.CH4.H2O/c32-28(24-15-13-23(14-16-24)22-29(33)34)12-7-19-31-20-17-27(18-21-31)30(35,25-8-3-1-4-9-25)26-10-5-2-6-11-26;;/h1-6,8-11,13-16,27,35H,7,12,17-22H2,(H,33,34);1H4;1H2. The maximum Gasteiger partial charge on any atom is 0.307 e. The highest BCUT2D eigenvalue weighted by Gasteiger charge is 2.41. The number of Topliss-reactive ketones (excluding diaryl/α,β-unsaturated/α-hetero) is 1. The van der Waals surface area contributed by atoms with Gasteiger partial charge in [0.2, 0.25) is 0 Å². The minimum atomic E-state index is -1.02. The molecule has 6 nitrogen and oxygen atoms in total. The Morgan fingerprint density at radius 3 is 1.84 bits per heavy atom. The van der Waals surface area contributed by atoms with Crippen LogP contribution in [0.25, 0.3) is 0 Å². The van der Waals surface area contributed by atoms with Crippen molar-refractivity contribution >= 4 is 11.8 Å². The second kappa shape index (κ2) is 13.8. The Morgan fingerprint density at radius 2 is 1.35 bits per heavy atom. The van der Waals surface area contributed by atoms with Gasteiger partial charge in [-0.1, -0.05) is 92.4 Å². The molecule has 1 aliphatic rings. The number of likely N-dealkylation sites (tertiary alicyclic amines) is 1. The van der Waals surface area contributed by atoms with Crippen LogP contribution in [0, 0.1) is 5.92 Å². The average molecular weight is 506 g/mol. The Labute approximate surface area is 219 Å². The smallest absolute Gasteiger partial charge is 0.307 e. The largest absolute Gasteiger partial charge is 0.481 e. The molecule has 0 aromatic heterocycles. The van der Waals surface area contributed by atoms with Gasteiger partial charge in [0.05, 0.1) is 6.42 Å². The lowest BCUT2D eigenvalue weighted by Gasteiger charge is -2.42. The molecule has 4 rings (SSSR count). The van der Waals surface area contributed by atoms with E-state index in [0.29, 0.717) is 17.5 Å². The zero-order valence-corrected chi connectivity index (χ0v) is 20.5. The number of benzene rings is 3. The molecule has 1 saturated heterocycles. The molecule has 0 atom stereocenters. The third-order valence-corrected chi connectivity index (χ3v) is 7.12. The number of carbonyl (C=O) groups is 2. The van der Waals surface area contributed by atoms with E-state index in [4.69, 9.17) is 5.11 Å². The van der Waals surface area contributed by atoms with Gasteiger partial charge < -0.3 is 20.6 Å². The fraction of sp³-hybridized carbons (Fsp3) is 0.355.